The lowest BCUT2D eigenvalue weighted by molar-refractivity contribution is -0.162. The Balaban J connectivity index is 0.000000190. The van der Waals surface area contributed by atoms with E-state index in [0.717, 1.165) is 100 Å². The molecule has 2 amide bonds. The first-order chi connectivity index (χ1) is 59.0. The van der Waals surface area contributed by atoms with Crippen LogP contribution in [-0.4, -0.2) is 84.3 Å². The van der Waals surface area contributed by atoms with Gasteiger partial charge in [-0.1, -0.05) is 109 Å². The molecule has 2 saturated heterocycles. The molecule has 6 aliphatic heterocycles. The van der Waals surface area contributed by atoms with Gasteiger partial charge in [0, 0.05) is 78.5 Å². The molecule has 25 heteroatoms. The second-order valence-electron chi connectivity index (χ2n) is 30.8. The summed E-state index contributed by atoms with van der Waals surface area (Å²) in [5.41, 5.74) is 33.7. The molecule has 5 atom stereocenters. The summed E-state index contributed by atoms with van der Waals surface area (Å²) in [5, 5.41) is 19.2. The Labute approximate surface area is 701 Å². The summed E-state index contributed by atoms with van der Waals surface area (Å²) in [6.45, 7) is 14.6. The third-order valence-electron chi connectivity index (χ3n) is 22.4. The summed E-state index contributed by atoms with van der Waals surface area (Å²) < 4.78 is 59.4. The van der Waals surface area contributed by atoms with Gasteiger partial charge in [-0.25, -0.2) is 9.59 Å². The van der Waals surface area contributed by atoms with Crippen molar-refractivity contribution in [2.75, 3.05) is 27.4 Å². The van der Waals surface area contributed by atoms with E-state index in [4.69, 9.17) is 57.8 Å². The number of aliphatic hydroxyl groups is 1. The quantitative estimate of drug-likeness (QED) is 0.0119. The summed E-state index contributed by atoms with van der Waals surface area (Å²) in [6.07, 6.45) is 7.35. The fourth-order valence-corrected chi connectivity index (χ4v) is 16.4. The van der Waals surface area contributed by atoms with Crippen LogP contribution in [0.25, 0.3) is 87.7 Å². The van der Waals surface area contributed by atoms with Crippen LogP contribution in [0.3, 0.4) is 0 Å². The van der Waals surface area contributed by atoms with Crippen LogP contribution in [0.1, 0.15) is 78.1 Å². The minimum Gasteiger partial charge on any atom is -0.497 e. The Morgan fingerprint density at radius 3 is 1.26 bits per heavy atom. The smallest absolute Gasteiger partial charge is 0.355 e. The maximum atomic E-state index is 13.5. The maximum absolute atomic E-state index is 13.5. The first-order valence-corrected chi connectivity index (χ1v) is 39.8. The minimum atomic E-state index is -0.857. The van der Waals surface area contributed by atoms with Crippen molar-refractivity contribution >= 4 is 57.1 Å². The van der Waals surface area contributed by atoms with Gasteiger partial charge in [0.2, 0.25) is 11.8 Å². The van der Waals surface area contributed by atoms with E-state index in [1.54, 1.807) is 105 Å². The van der Waals surface area contributed by atoms with Crippen molar-refractivity contribution in [1.29, 1.82) is 0 Å². The molecule has 16 rings (SSSR count). The molecule has 616 valence electrons. The van der Waals surface area contributed by atoms with Crippen LogP contribution >= 0.6 is 0 Å². The average Bonchev–Trinajstić information content (AvgIpc) is 1.55. The zero-order valence-electron chi connectivity index (χ0n) is 68.5. The van der Waals surface area contributed by atoms with Crippen molar-refractivity contribution in [1.82, 2.24) is 9.80 Å². The van der Waals surface area contributed by atoms with Gasteiger partial charge in [-0.05, 0) is 240 Å². The molecule has 8 aromatic carbocycles. The number of nitrogens with zero attached hydrogens (tertiary/aromatic N) is 8. The topological polar surface area (TPSA) is 327 Å². The zero-order valence-corrected chi connectivity index (χ0v) is 68.5. The van der Waals surface area contributed by atoms with Gasteiger partial charge < -0.3 is 61.6 Å². The highest BCUT2D eigenvalue weighted by Gasteiger charge is 2.57. The summed E-state index contributed by atoms with van der Waals surface area (Å²) >= 11 is 0. The van der Waals surface area contributed by atoms with Gasteiger partial charge in [-0.2, -0.15) is 0 Å². The van der Waals surface area contributed by atoms with Gasteiger partial charge in [0.15, 0.2) is 10.9 Å². The molecule has 2 aliphatic carbocycles. The van der Waals surface area contributed by atoms with Crippen molar-refractivity contribution < 1.29 is 71.0 Å². The van der Waals surface area contributed by atoms with Crippen LogP contribution in [-0.2, 0) is 55.1 Å². The minimum absolute atomic E-state index is 0.00522. The number of hydrogen-bond donors (Lipinski definition) is 1. The van der Waals surface area contributed by atoms with Crippen LogP contribution < -0.4 is 39.3 Å². The third kappa shape index (κ3) is 17.3. The standard InChI is InChI=1S/C49H44N4O8.C48H42N4O9/c1-28(2)45-41-23-33(47(53(41)48(45)55)49(56)60-26-31-8-11-34(12-9-31)51-52-50)7-6-20-58-42-19-10-32(21-30(42)4)27-59-37-15-18-40-44(25-37)61-43-24-35(54)13-16-39(43)46(40)38-17-14-36(57-5)22-29(38)3;1-27-21-35(57-4)13-16-37(27)45-38-15-12-34(54)23-42(38)61-43-24-36(14-17-39(43)45)59-26-31-9-18-41(28(2)20-31)58-19-5-6-32-22-40-44(29(3)53)47(55)52(40)46(32)48(56)60-25-30-7-10-33(11-8-30)50-51-49/h6-19,21-22,24-25,28,41,45H,20,23,26-27H2,1-5H3;5-18,20-21,23-24,29,40,44,53H,19,22,25-26H2,1-4H3/b7-6+;6-5+/t41-,45-;29-,40-,44-/m11/s1. The fraction of sp³-hybridized carbons (Fsp3) is 0.237. The first-order valence-electron chi connectivity index (χ1n) is 39.8. The number of β-lactam (4-membered cyclic amide) rings is 2. The molecule has 8 aliphatic rings. The van der Waals surface area contributed by atoms with Gasteiger partial charge in [0.05, 0.1) is 44.2 Å². The second kappa shape index (κ2) is 35.9. The highest BCUT2D eigenvalue weighted by atomic mass is 16.5. The Morgan fingerprint density at radius 1 is 0.467 bits per heavy atom. The molecule has 2 fully saturated rings. The second-order valence-corrected chi connectivity index (χ2v) is 30.8. The molecule has 1 N–H and O–H groups in total. The number of carbonyl (C=O) groups is 4. The van der Waals surface area contributed by atoms with E-state index >= 15 is 0 Å². The van der Waals surface area contributed by atoms with Crippen molar-refractivity contribution in [3.63, 3.8) is 0 Å². The normalized spacial score (nSPS) is 16.1. The van der Waals surface area contributed by atoms with Gasteiger partial charge in [-0.15, -0.1) is 0 Å². The number of methoxy groups -OCH3 is 2. The molecule has 0 aromatic heterocycles. The number of benzene rings is 10. The Bertz CT molecular complexity index is 6020. The maximum Gasteiger partial charge on any atom is 0.355 e. The summed E-state index contributed by atoms with van der Waals surface area (Å²) in [4.78, 5) is 86.3. The predicted molar refractivity (Wildman–Crippen MR) is 460 cm³/mol. The fourth-order valence-electron chi connectivity index (χ4n) is 16.4. The number of hydrogen-bond acceptors (Lipinski definition) is 19. The highest BCUT2D eigenvalue weighted by Crippen LogP contribution is 2.49. The molecule has 0 radical (unpaired) electrons. The predicted octanol–water partition coefficient (Wildman–Crippen LogP) is 19.8. The lowest BCUT2D eigenvalue weighted by Crippen LogP contribution is -2.61. The van der Waals surface area contributed by atoms with Crippen LogP contribution in [0.2, 0.25) is 0 Å². The molecule has 8 aromatic rings. The number of aliphatic hydroxyl groups excluding tert-OH is 1. The van der Waals surface area contributed by atoms with Crippen molar-refractivity contribution in [2.45, 2.75) is 106 Å². The summed E-state index contributed by atoms with van der Waals surface area (Å²) in [5.74, 6) is 2.89. The van der Waals surface area contributed by atoms with Gasteiger partial charge in [-0.3, -0.25) is 19.2 Å². The number of amides is 2. The van der Waals surface area contributed by atoms with Crippen molar-refractivity contribution in [3.8, 4) is 79.4 Å². The highest BCUT2D eigenvalue weighted by molar-refractivity contribution is 6.05. The molecular weight excluding hydrogens is 1550 g/mol. The van der Waals surface area contributed by atoms with Gasteiger partial charge >= 0.3 is 11.9 Å². The molecule has 0 saturated carbocycles. The number of rotatable bonds is 28. The van der Waals surface area contributed by atoms with E-state index in [1.807, 2.05) is 169 Å². The lowest BCUT2D eigenvalue weighted by atomic mass is 9.79. The Morgan fingerprint density at radius 2 is 0.869 bits per heavy atom. The van der Waals surface area contributed by atoms with Crippen LogP contribution in [0.15, 0.2) is 270 Å². The first kappa shape index (κ1) is 82.5. The number of esters is 2. The Hall–Kier alpha value is -14.6. The van der Waals surface area contributed by atoms with E-state index < -0.39 is 24.0 Å². The molecule has 0 unspecified atom stereocenters. The molecule has 0 bridgehead atoms. The van der Waals surface area contributed by atoms with E-state index in [0.29, 0.717) is 87.6 Å². The number of allylic oxidation sites excluding steroid dienone is 2. The van der Waals surface area contributed by atoms with E-state index in [2.05, 4.69) is 20.1 Å². The number of carbonyl (C=O) groups excluding carboxylic acids is 4. The van der Waals surface area contributed by atoms with E-state index in [-0.39, 0.29) is 91.0 Å². The van der Waals surface area contributed by atoms with Crippen LogP contribution in [0.5, 0.6) is 34.5 Å². The lowest BCUT2D eigenvalue weighted by Gasteiger charge is -2.45. The Kier molecular flexibility index (Phi) is 24.3. The number of aryl methyl sites for hydroxylation is 4. The van der Waals surface area contributed by atoms with E-state index in [1.165, 1.54) is 17.0 Å². The molecule has 0 spiro atoms. The number of ether oxygens (including phenoxy) is 8. The molecule has 25 nitrogen and oxygen atoms in total. The summed E-state index contributed by atoms with van der Waals surface area (Å²) in [7, 11) is 3.28. The third-order valence-corrected chi connectivity index (χ3v) is 22.4. The van der Waals surface area contributed by atoms with Crippen molar-refractivity contribution in [2.24, 2.45) is 28.0 Å². The summed E-state index contributed by atoms with van der Waals surface area (Å²) in [6, 6.07) is 57.7. The van der Waals surface area contributed by atoms with Gasteiger partial charge in [0.1, 0.15) is 108 Å². The molecule has 6 heterocycles. The van der Waals surface area contributed by atoms with Crippen molar-refractivity contribution in [3.05, 3.63) is 327 Å². The molecular formula is C97H86N8O17. The average molecular weight is 1640 g/mol. The van der Waals surface area contributed by atoms with Crippen LogP contribution in [0.4, 0.5) is 11.4 Å². The monoisotopic (exact) mass is 1630 g/mol. The molecule has 122 heavy (non-hydrogen) atoms. The van der Waals surface area contributed by atoms with Crippen LogP contribution in [0, 0.1) is 45.4 Å². The number of fused-ring (bicyclic) bond motifs is 6. The van der Waals surface area contributed by atoms with E-state index in [9.17, 15) is 33.9 Å². The largest absolute Gasteiger partial charge is 0.497 e. The van der Waals surface area contributed by atoms with Gasteiger partial charge in [0.25, 0.3) is 0 Å². The number of azide groups is 2. The zero-order chi connectivity index (χ0) is 85.6. The SMILES string of the molecule is COc1ccc(-c2c3ccc(=O)cc-3oc3cc(OCc4ccc(OC/C=C/C5=C(C(=O)OCc6ccc(N=[N+]=[N-])cc6)N6C(=O)[C@H](C(C)C)[C@H]6C5)c(C)c4)ccc23)c(C)c1.COc1ccc(-c2c3ccc(=O)cc-3oc3cc(OCc4ccc(OC/C=C/C5=C(C(=O)OCc6ccc(N=[N+]=[N-])cc6)N6C(=O)[C@H]([C@@H](C)O)[C@H]6C5)c(C)c4)ccc23)c(C)c1.